The fourth-order valence-electron chi connectivity index (χ4n) is 2.10. The van der Waals surface area contributed by atoms with Gasteiger partial charge in [0, 0.05) is 36.7 Å². The second-order valence-corrected chi connectivity index (χ2v) is 7.21. The van der Waals surface area contributed by atoms with E-state index in [1.165, 1.54) is 10.7 Å². The third-order valence-corrected chi connectivity index (χ3v) is 4.21. The quantitative estimate of drug-likeness (QED) is 0.899. The molecule has 0 aromatic carbocycles. The highest BCUT2D eigenvalue weighted by Crippen LogP contribution is 2.16. The highest BCUT2D eigenvalue weighted by atomic mass is 32.1. The second-order valence-electron chi connectivity index (χ2n) is 6.27. The van der Waals surface area contributed by atoms with Crippen molar-refractivity contribution in [1.29, 1.82) is 0 Å². The van der Waals surface area contributed by atoms with E-state index in [0.29, 0.717) is 6.04 Å². The average molecular weight is 283 g/mol. The molecule has 0 radical (unpaired) electrons. The van der Waals surface area contributed by atoms with E-state index in [1.807, 2.05) is 0 Å². The Kier molecular flexibility index (Phi) is 4.95. The summed E-state index contributed by atoms with van der Waals surface area (Å²) in [5.74, 6) is 0. The molecule has 2 heterocycles. The van der Waals surface area contributed by atoms with E-state index in [1.54, 1.807) is 11.3 Å². The Labute approximate surface area is 120 Å². The number of hydrogen-bond acceptors (Lipinski definition) is 5. The van der Waals surface area contributed by atoms with Crippen LogP contribution in [0.2, 0.25) is 0 Å². The molecule has 0 bridgehead atoms. The second kappa shape index (κ2) is 6.31. The minimum absolute atomic E-state index is 0.143. The summed E-state index contributed by atoms with van der Waals surface area (Å²) < 4.78 is 5.43. The van der Waals surface area contributed by atoms with Crippen LogP contribution in [0.15, 0.2) is 5.38 Å². The van der Waals surface area contributed by atoms with Crippen LogP contribution in [-0.4, -0.2) is 41.7 Å². The van der Waals surface area contributed by atoms with Crippen molar-refractivity contribution in [2.24, 2.45) is 0 Å². The molecule has 2 rings (SSSR count). The van der Waals surface area contributed by atoms with E-state index in [-0.39, 0.29) is 5.54 Å². The third kappa shape index (κ3) is 4.84. The van der Waals surface area contributed by atoms with Crippen LogP contribution in [-0.2, 0) is 17.8 Å². The van der Waals surface area contributed by atoms with Gasteiger partial charge in [0.2, 0.25) is 0 Å². The zero-order valence-corrected chi connectivity index (χ0v) is 13.2. The molecule has 1 unspecified atom stereocenters. The van der Waals surface area contributed by atoms with E-state index in [0.717, 1.165) is 32.7 Å². The number of likely N-dealkylation sites (N-methyl/N-ethyl adjacent to an activating group) is 1. The number of ether oxygens (including phenoxy) is 1. The number of rotatable bonds is 5. The number of nitrogens with one attached hydrogen (secondary N) is 1. The highest BCUT2D eigenvalue weighted by Gasteiger charge is 2.21. The molecule has 0 amide bonds. The minimum Gasteiger partial charge on any atom is -0.380 e. The van der Waals surface area contributed by atoms with Crippen molar-refractivity contribution in [2.75, 3.05) is 20.3 Å². The van der Waals surface area contributed by atoms with Crippen LogP contribution in [0, 0.1) is 0 Å². The van der Waals surface area contributed by atoms with E-state index in [9.17, 15) is 0 Å². The third-order valence-electron chi connectivity index (χ3n) is 3.31. The summed E-state index contributed by atoms with van der Waals surface area (Å²) >= 11 is 1.74. The van der Waals surface area contributed by atoms with Gasteiger partial charge in [-0.1, -0.05) is 0 Å². The van der Waals surface area contributed by atoms with Crippen molar-refractivity contribution < 1.29 is 4.74 Å². The Hall–Kier alpha value is -0.490. The lowest BCUT2D eigenvalue weighted by atomic mass is 10.1. The van der Waals surface area contributed by atoms with Crippen LogP contribution in [0.25, 0.3) is 0 Å². The molecule has 1 aliphatic rings. The number of nitrogens with zero attached hydrogens (tertiary/aromatic N) is 2. The van der Waals surface area contributed by atoms with Gasteiger partial charge >= 0.3 is 0 Å². The molecule has 0 spiro atoms. The number of aromatic nitrogens is 1. The summed E-state index contributed by atoms with van der Waals surface area (Å²) in [6, 6.07) is 0.554. The highest BCUT2D eigenvalue weighted by molar-refractivity contribution is 7.09. The van der Waals surface area contributed by atoms with Crippen LogP contribution in [0.3, 0.4) is 0 Å². The van der Waals surface area contributed by atoms with Crippen molar-refractivity contribution >= 4 is 11.3 Å². The van der Waals surface area contributed by atoms with Gasteiger partial charge in [0.15, 0.2) is 0 Å². The zero-order valence-electron chi connectivity index (χ0n) is 12.4. The normalized spacial score (nSPS) is 20.4. The first kappa shape index (κ1) is 14.9. The summed E-state index contributed by atoms with van der Waals surface area (Å²) in [4.78, 5) is 7.05. The number of thiazole rings is 1. The summed E-state index contributed by atoms with van der Waals surface area (Å²) in [5.41, 5.74) is 1.31. The van der Waals surface area contributed by atoms with Gasteiger partial charge in [-0.2, -0.15) is 0 Å². The van der Waals surface area contributed by atoms with Crippen LogP contribution < -0.4 is 5.32 Å². The van der Waals surface area contributed by atoms with Gasteiger partial charge in [-0.25, -0.2) is 4.98 Å². The maximum Gasteiger partial charge on any atom is 0.107 e. The van der Waals surface area contributed by atoms with Crippen LogP contribution >= 0.6 is 11.3 Å². The maximum atomic E-state index is 5.43. The van der Waals surface area contributed by atoms with Gasteiger partial charge in [-0.05, 0) is 34.2 Å². The molecule has 1 aromatic rings. The molecule has 5 heteroatoms. The molecule has 1 N–H and O–H groups in total. The fraction of sp³-hybridized carbons (Fsp3) is 0.786. The van der Waals surface area contributed by atoms with E-state index in [4.69, 9.17) is 9.72 Å². The first-order chi connectivity index (χ1) is 8.94. The molecular formula is C14H25N3OS. The Morgan fingerprint density at radius 3 is 2.95 bits per heavy atom. The molecule has 1 aromatic heterocycles. The van der Waals surface area contributed by atoms with Crippen LogP contribution in [0.4, 0.5) is 0 Å². The SMILES string of the molecule is CN(Cc1csc(CNC(C)(C)C)n1)C1CCOC1. The predicted octanol–water partition coefficient (Wildman–Crippen LogP) is 2.25. The van der Waals surface area contributed by atoms with E-state index in [2.05, 4.69) is 43.4 Å². The van der Waals surface area contributed by atoms with Crippen molar-refractivity contribution in [3.8, 4) is 0 Å². The molecule has 1 aliphatic heterocycles. The van der Waals surface area contributed by atoms with Gasteiger partial charge in [0.05, 0.1) is 12.3 Å². The lowest BCUT2D eigenvalue weighted by molar-refractivity contribution is 0.156. The van der Waals surface area contributed by atoms with Crippen molar-refractivity contribution in [2.45, 2.75) is 51.9 Å². The maximum absolute atomic E-state index is 5.43. The minimum atomic E-state index is 0.143. The van der Waals surface area contributed by atoms with Crippen molar-refractivity contribution in [3.63, 3.8) is 0 Å². The molecule has 0 saturated carbocycles. The number of hydrogen-bond donors (Lipinski definition) is 1. The van der Waals surface area contributed by atoms with Crippen LogP contribution in [0.5, 0.6) is 0 Å². The molecule has 1 fully saturated rings. The average Bonchev–Trinajstić information content (AvgIpc) is 2.96. The molecule has 1 saturated heterocycles. The predicted molar refractivity (Wildman–Crippen MR) is 79.4 cm³/mol. The standard InChI is InChI=1S/C14H25N3OS/c1-14(2,3)15-7-13-16-11(10-19-13)8-17(4)12-5-6-18-9-12/h10,12,15H,5-9H2,1-4H3. The smallest absolute Gasteiger partial charge is 0.107 e. The van der Waals surface area contributed by atoms with Crippen molar-refractivity contribution in [1.82, 2.24) is 15.2 Å². The summed E-state index contributed by atoms with van der Waals surface area (Å²) in [6.45, 7) is 10.1. The largest absolute Gasteiger partial charge is 0.380 e. The van der Waals surface area contributed by atoms with Gasteiger partial charge in [0.1, 0.15) is 5.01 Å². The van der Waals surface area contributed by atoms with Gasteiger partial charge in [-0.15, -0.1) is 11.3 Å². The molecule has 108 valence electrons. The van der Waals surface area contributed by atoms with Gasteiger partial charge in [-0.3, -0.25) is 4.90 Å². The first-order valence-electron chi connectivity index (χ1n) is 6.90. The lowest BCUT2D eigenvalue weighted by Gasteiger charge is -2.21. The molecular weight excluding hydrogens is 258 g/mol. The monoisotopic (exact) mass is 283 g/mol. The Bertz CT molecular complexity index is 394. The van der Waals surface area contributed by atoms with E-state index >= 15 is 0 Å². The van der Waals surface area contributed by atoms with Crippen molar-refractivity contribution in [3.05, 3.63) is 16.1 Å². The Balaban J connectivity index is 1.83. The topological polar surface area (TPSA) is 37.4 Å². The lowest BCUT2D eigenvalue weighted by Crippen LogP contribution is -2.35. The summed E-state index contributed by atoms with van der Waals surface area (Å²) in [6.07, 6.45) is 1.14. The Morgan fingerprint density at radius 2 is 2.32 bits per heavy atom. The van der Waals surface area contributed by atoms with Gasteiger partial charge < -0.3 is 10.1 Å². The zero-order chi connectivity index (χ0) is 13.9. The summed E-state index contributed by atoms with van der Waals surface area (Å²) in [7, 11) is 2.16. The molecule has 19 heavy (non-hydrogen) atoms. The molecule has 1 atom stereocenters. The molecule has 4 nitrogen and oxygen atoms in total. The summed E-state index contributed by atoms with van der Waals surface area (Å²) in [5, 5.41) is 6.81. The van der Waals surface area contributed by atoms with Crippen LogP contribution in [0.1, 0.15) is 37.9 Å². The van der Waals surface area contributed by atoms with E-state index < -0.39 is 0 Å². The van der Waals surface area contributed by atoms with Gasteiger partial charge in [0.25, 0.3) is 0 Å². The first-order valence-corrected chi connectivity index (χ1v) is 7.78. The fourth-order valence-corrected chi connectivity index (χ4v) is 2.82. The Morgan fingerprint density at radius 1 is 1.53 bits per heavy atom. The molecule has 0 aliphatic carbocycles.